The van der Waals surface area contributed by atoms with E-state index in [4.69, 9.17) is 0 Å². The van der Waals surface area contributed by atoms with Crippen molar-refractivity contribution in [2.24, 2.45) is 0 Å². The molecule has 2 rings (SSSR count). The molecule has 2 aromatic rings. The van der Waals surface area contributed by atoms with Crippen molar-refractivity contribution in [1.82, 2.24) is 15.2 Å². The fourth-order valence-corrected chi connectivity index (χ4v) is 1.23. The van der Waals surface area contributed by atoms with Crippen molar-refractivity contribution in [3.8, 4) is 0 Å². The molecule has 1 aromatic heterocycles. The van der Waals surface area contributed by atoms with Crippen LogP contribution in [0.2, 0.25) is 0 Å². The summed E-state index contributed by atoms with van der Waals surface area (Å²) in [7, 11) is 0. The first-order valence-corrected chi connectivity index (χ1v) is 4.71. The summed E-state index contributed by atoms with van der Waals surface area (Å²) in [6, 6.07) is 2.95. The Kier molecular flexibility index (Phi) is 2.82. The monoisotopic (exact) mass is 238 g/mol. The molecule has 5 nitrogen and oxygen atoms in total. The van der Waals surface area contributed by atoms with E-state index in [1.165, 1.54) is 0 Å². The summed E-state index contributed by atoms with van der Waals surface area (Å²) in [5, 5.41) is 8.29. The molecule has 0 unspecified atom stereocenters. The first kappa shape index (κ1) is 11.2. The SMILES string of the molecule is Cc1n[nH]c(=O)nc1Nc1cc(F)ccc1F. The normalized spacial score (nSPS) is 10.3. The third-order valence-corrected chi connectivity index (χ3v) is 2.06. The molecule has 0 aliphatic rings. The van der Waals surface area contributed by atoms with Crippen LogP contribution in [0.1, 0.15) is 5.69 Å². The Hall–Kier alpha value is -2.31. The van der Waals surface area contributed by atoms with Gasteiger partial charge in [-0.05, 0) is 19.1 Å². The van der Waals surface area contributed by atoms with Gasteiger partial charge in [0.1, 0.15) is 17.3 Å². The van der Waals surface area contributed by atoms with Gasteiger partial charge < -0.3 is 5.32 Å². The van der Waals surface area contributed by atoms with Crippen molar-refractivity contribution in [2.45, 2.75) is 6.92 Å². The van der Waals surface area contributed by atoms with Crippen LogP contribution in [-0.4, -0.2) is 15.2 Å². The fraction of sp³-hybridized carbons (Fsp3) is 0.100. The van der Waals surface area contributed by atoms with Crippen LogP contribution in [0.25, 0.3) is 0 Å². The van der Waals surface area contributed by atoms with Gasteiger partial charge in [-0.3, -0.25) is 0 Å². The van der Waals surface area contributed by atoms with Gasteiger partial charge in [0.25, 0.3) is 0 Å². The van der Waals surface area contributed by atoms with Crippen molar-refractivity contribution < 1.29 is 8.78 Å². The zero-order chi connectivity index (χ0) is 12.4. The first-order valence-electron chi connectivity index (χ1n) is 4.71. The van der Waals surface area contributed by atoms with Crippen LogP contribution in [0.4, 0.5) is 20.3 Å². The standard InChI is InChI=1S/C10H8F2N4O/c1-5-9(14-10(17)16-15-5)13-8-4-6(11)2-3-7(8)12/h2-4H,1H3,(H2,13,14,16,17). The third-order valence-electron chi connectivity index (χ3n) is 2.06. The Morgan fingerprint density at radius 1 is 1.35 bits per heavy atom. The summed E-state index contributed by atoms with van der Waals surface area (Å²) in [6.07, 6.45) is 0. The van der Waals surface area contributed by atoms with E-state index in [9.17, 15) is 13.6 Å². The lowest BCUT2D eigenvalue weighted by atomic mass is 10.3. The number of anilines is 2. The zero-order valence-corrected chi connectivity index (χ0v) is 8.79. The molecule has 0 saturated heterocycles. The van der Waals surface area contributed by atoms with Crippen LogP contribution < -0.4 is 11.0 Å². The lowest BCUT2D eigenvalue weighted by molar-refractivity contribution is 0.603. The van der Waals surface area contributed by atoms with Crippen molar-refractivity contribution in [2.75, 3.05) is 5.32 Å². The largest absolute Gasteiger partial charge is 0.363 e. The summed E-state index contributed by atoms with van der Waals surface area (Å²) in [6.45, 7) is 1.57. The average molecular weight is 238 g/mol. The van der Waals surface area contributed by atoms with Gasteiger partial charge >= 0.3 is 5.69 Å². The van der Waals surface area contributed by atoms with E-state index in [0.29, 0.717) is 5.69 Å². The van der Waals surface area contributed by atoms with E-state index in [0.717, 1.165) is 18.2 Å². The summed E-state index contributed by atoms with van der Waals surface area (Å²) >= 11 is 0. The molecule has 0 spiro atoms. The highest BCUT2D eigenvalue weighted by molar-refractivity contribution is 5.57. The van der Waals surface area contributed by atoms with E-state index < -0.39 is 17.3 Å². The van der Waals surface area contributed by atoms with E-state index in [1.807, 2.05) is 0 Å². The second-order valence-corrected chi connectivity index (χ2v) is 3.32. The second kappa shape index (κ2) is 4.28. The highest BCUT2D eigenvalue weighted by Gasteiger charge is 2.08. The number of hydrogen-bond acceptors (Lipinski definition) is 4. The van der Waals surface area contributed by atoms with Gasteiger partial charge in [-0.25, -0.2) is 18.7 Å². The highest BCUT2D eigenvalue weighted by Crippen LogP contribution is 2.19. The molecule has 0 aliphatic heterocycles. The number of H-pyrrole nitrogens is 1. The molecule has 7 heteroatoms. The molecule has 0 bridgehead atoms. The van der Waals surface area contributed by atoms with Crippen LogP contribution in [0.3, 0.4) is 0 Å². The predicted octanol–water partition coefficient (Wildman–Crippen LogP) is 1.50. The van der Waals surface area contributed by atoms with Gasteiger partial charge in [-0.2, -0.15) is 10.1 Å². The van der Waals surface area contributed by atoms with Crippen LogP contribution in [0, 0.1) is 18.6 Å². The number of hydrogen-bond donors (Lipinski definition) is 2. The fourth-order valence-electron chi connectivity index (χ4n) is 1.23. The van der Waals surface area contributed by atoms with Gasteiger partial charge in [0.2, 0.25) is 0 Å². The number of nitrogens with one attached hydrogen (secondary N) is 2. The Morgan fingerprint density at radius 2 is 2.12 bits per heavy atom. The third kappa shape index (κ3) is 2.44. The molecule has 88 valence electrons. The molecular weight excluding hydrogens is 230 g/mol. The highest BCUT2D eigenvalue weighted by atomic mass is 19.1. The molecule has 0 radical (unpaired) electrons. The Morgan fingerprint density at radius 3 is 2.88 bits per heavy atom. The smallest absolute Gasteiger partial charge is 0.336 e. The number of aromatic nitrogens is 3. The predicted molar refractivity (Wildman–Crippen MR) is 57.0 cm³/mol. The van der Waals surface area contributed by atoms with Crippen LogP contribution in [-0.2, 0) is 0 Å². The van der Waals surface area contributed by atoms with Crippen LogP contribution in [0.5, 0.6) is 0 Å². The van der Waals surface area contributed by atoms with Gasteiger partial charge in [0.05, 0.1) is 5.69 Å². The Bertz CT molecular complexity index is 611. The maximum atomic E-state index is 13.3. The maximum Gasteiger partial charge on any atom is 0.363 e. The molecule has 0 fully saturated rings. The lowest BCUT2D eigenvalue weighted by Gasteiger charge is -2.07. The summed E-state index contributed by atoms with van der Waals surface area (Å²) < 4.78 is 26.2. The molecule has 0 saturated carbocycles. The molecular formula is C10H8F2N4O. The van der Waals surface area contributed by atoms with Crippen molar-refractivity contribution in [3.63, 3.8) is 0 Å². The number of aryl methyl sites for hydroxylation is 1. The van der Waals surface area contributed by atoms with E-state index >= 15 is 0 Å². The molecule has 1 aromatic carbocycles. The topological polar surface area (TPSA) is 70.7 Å². The molecule has 0 atom stereocenters. The number of benzene rings is 1. The number of halogens is 2. The van der Waals surface area contributed by atoms with Crippen molar-refractivity contribution >= 4 is 11.5 Å². The van der Waals surface area contributed by atoms with Crippen molar-refractivity contribution in [3.05, 3.63) is 46.0 Å². The molecule has 0 amide bonds. The molecule has 17 heavy (non-hydrogen) atoms. The first-order chi connectivity index (χ1) is 8.06. The van der Waals surface area contributed by atoms with Gasteiger partial charge in [-0.1, -0.05) is 0 Å². The molecule has 0 aliphatic carbocycles. The maximum absolute atomic E-state index is 13.3. The van der Waals surface area contributed by atoms with Crippen molar-refractivity contribution in [1.29, 1.82) is 0 Å². The lowest BCUT2D eigenvalue weighted by Crippen LogP contribution is -2.16. The number of rotatable bonds is 2. The van der Waals surface area contributed by atoms with Gasteiger partial charge in [0, 0.05) is 6.07 Å². The minimum Gasteiger partial charge on any atom is -0.336 e. The summed E-state index contributed by atoms with van der Waals surface area (Å²) in [5.41, 5.74) is -0.406. The molecule has 1 heterocycles. The molecule has 2 N–H and O–H groups in total. The Balaban J connectivity index is 2.40. The van der Waals surface area contributed by atoms with Crippen LogP contribution >= 0.6 is 0 Å². The number of nitrogens with zero attached hydrogens (tertiary/aromatic N) is 2. The minimum absolute atomic E-state index is 0.0817. The second-order valence-electron chi connectivity index (χ2n) is 3.32. The minimum atomic E-state index is -0.671. The zero-order valence-electron chi connectivity index (χ0n) is 8.79. The van der Waals surface area contributed by atoms with Gasteiger partial charge in [0.15, 0.2) is 5.82 Å². The Labute approximate surface area is 94.5 Å². The van der Waals surface area contributed by atoms with E-state index in [2.05, 4.69) is 20.5 Å². The van der Waals surface area contributed by atoms with Crippen LogP contribution in [0.15, 0.2) is 23.0 Å². The van der Waals surface area contributed by atoms with Gasteiger partial charge in [-0.15, -0.1) is 0 Å². The summed E-state index contributed by atoms with van der Waals surface area (Å²) in [5.74, 6) is -1.16. The van der Waals surface area contributed by atoms with E-state index in [-0.39, 0.29) is 11.5 Å². The summed E-state index contributed by atoms with van der Waals surface area (Å²) in [4.78, 5) is 14.5. The average Bonchev–Trinajstić information content (AvgIpc) is 2.28. The number of aromatic amines is 1. The quantitative estimate of drug-likeness (QED) is 0.831. The van der Waals surface area contributed by atoms with E-state index in [1.54, 1.807) is 6.92 Å².